The highest BCUT2D eigenvalue weighted by atomic mass is 16.2. The largest absolute Gasteiger partial charge is 0.367 e. The van der Waals surface area contributed by atoms with Gasteiger partial charge in [0.2, 0.25) is 0 Å². The molecule has 0 aliphatic carbocycles. The Morgan fingerprint density at radius 1 is 1.24 bits per heavy atom. The second-order valence-corrected chi connectivity index (χ2v) is 4.93. The first kappa shape index (κ1) is 20.0. The summed E-state index contributed by atoms with van der Waals surface area (Å²) in [5, 5.41) is 3.04. The quantitative estimate of drug-likeness (QED) is 0.748. The molecule has 0 radical (unpaired) electrons. The molecule has 0 aliphatic rings. The zero-order chi connectivity index (χ0) is 18.7. The van der Waals surface area contributed by atoms with Gasteiger partial charge in [0.15, 0.2) is 0 Å². The van der Waals surface area contributed by atoms with Gasteiger partial charge in [0, 0.05) is 15.5 Å². The summed E-state index contributed by atoms with van der Waals surface area (Å²) < 4.78 is 1.12. The molecule has 0 atom stereocenters. The molecule has 0 saturated heterocycles. The molecule has 0 bridgehead atoms. The Morgan fingerprint density at radius 2 is 1.92 bits per heavy atom. The van der Waals surface area contributed by atoms with E-state index in [4.69, 9.17) is 0 Å². The minimum Gasteiger partial charge on any atom is -0.367 e. The van der Waals surface area contributed by atoms with Crippen LogP contribution < -0.4 is 16.6 Å². The lowest BCUT2D eigenvalue weighted by atomic mass is 10.2. The van der Waals surface area contributed by atoms with E-state index in [0.29, 0.717) is 12.4 Å². The third-order valence-electron chi connectivity index (χ3n) is 3.28. The number of aromatic nitrogens is 2. The van der Waals surface area contributed by atoms with Crippen LogP contribution in [-0.2, 0) is 13.1 Å². The summed E-state index contributed by atoms with van der Waals surface area (Å²) in [6, 6.07) is 11.1. The van der Waals surface area contributed by atoms with Crippen molar-refractivity contribution < 1.29 is 2.85 Å². The maximum absolute atomic E-state index is 12.1. The molecule has 1 heterocycles. The second-order valence-electron chi connectivity index (χ2n) is 4.93. The molecule has 5 heteroatoms. The Hall–Kier alpha value is -3.08. The number of aromatic amines is 1. The SMILES string of the molecule is C=C/C=C(\C=C)Cn1c(=O)cc(NCc2ccccc2)[nH]c1=O.CC.[HH].[HH]. The molecule has 0 spiro atoms. The van der Waals surface area contributed by atoms with E-state index in [1.54, 1.807) is 18.2 Å². The molecule has 0 aliphatic heterocycles. The van der Waals surface area contributed by atoms with Crippen LogP contribution in [-0.4, -0.2) is 9.55 Å². The highest BCUT2D eigenvalue weighted by molar-refractivity contribution is 5.34. The smallest absolute Gasteiger partial charge is 0.330 e. The summed E-state index contributed by atoms with van der Waals surface area (Å²) in [6.07, 6.45) is 4.89. The van der Waals surface area contributed by atoms with E-state index < -0.39 is 5.69 Å². The number of benzene rings is 1. The van der Waals surface area contributed by atoms with Crippen LogP contribution in [0.5, 0.6) is 0 Å². The van der Waals surface area contributed by atoms with Crippen LogP contribution in [0.3, 0.4) is 0 Å². The zero-order valence-corrected chi connectivity index (χ0v) is 14.8. The normalized spacial score (nSPS) is 10.4. The van der Waals surface area contributed by atoms with Crippen molar-refractivity contribution in [2.45, 2.75) is 26.9 Å². The number of allylic oxidation sites excluding steroid dienone is 4. The highest BCUT2D eigenvalue weighted by Gasteiger charge is 2.05. The predicted octanol–water partition coefficient (Wildman–Crippen LogP) is 3.97. The number of hydrogen-bond donors (Lipinski definition) is 2. The van der Waals surface area contributed by atoms with E-state index in [1.165, 1.54) is 6.07 Å². The maximum atomic E-state index is 12.1. The lowest BCUT2D eigenvalue weighted by Gasteiger charge is -2.09. The Labute approximate surface area is 151 Å². The second kappa shape index (κ2) is 10.6. The van der Waals surface area contributed by atoms with E-state index in [1.807, 2.05) is 44.2 Å². The number of hydrogen-bond acceptors (Lipinski definition) is 3. The van der Waals surface area contributed by atoms with Crippen LogP contribution in [0.25, 0.3) is 0 Å². The van der Waals surface area contributed by atoms with Crippen molar-refractivity contribution in [3.8, 4) is 0 Å². The molecule has 1 aromatic heterocycles. The lowest BCUT2D eigenvalue weighted by molar-refractivity contribution is 0.699. The molecule has 0 amide bonds. The molecule has 2 aromatic rings. The third kappa shape index (κ3) is 6.14. The number of H-pyrrole nitrogens is 1. The zero-order valence-electron chi connectivity index (χ0n) is 14.8. The van der Waals surface area contributed by atoms with Crippen molar-refractivity contribution >= 4 is 5.82 Å². The first-order valence-electron chi connectivity index (χ1n) is 8.20. The van der Waals surface area contributed by atoms with Crippen molar-refractivity contribution in [2.24, 2.45) is 0 Å². The molecule has 2 N–H and O–H groups in total. The van der Waals surface area contributed by atoms with Crippen molar-refractivity contribution in [1.82, 2.24) is 9.55 Å². The van der Waals surface area contributed by atoms with E-state index >= 15 is 0 Å². The fourth-order valence-corrected chi connectivity index (χ4v) is 2.08. The van der Waals surface area contributed by atoms with Gasteiger partial charge in [-0.2, -0.15) is 0 Å². The van der Waals surface area contributed by atoms with Gasteiger partial charge in [-0.05, 0) is 11.1 Å². The molecule has 136 valence electrons. The summed E-state index contributed by atoms with van der Waals surface area (Å²) in [5.74, 6) is 0.396. The Morgan fingerprint density at radius 3 is 2.48 bits per heavy atom. The summed E-state index contributed by atoms with van der Waals surface area (Å²) in [5.41, 5.74) is 0.948. The molecule has 5 nitrogen and oxygen atoms in total. The molecule has 0 saturated carbocycles. The number of nitrogens with one attached hydrogen (secondary N) is 2. The molecular formula is C20H29N3O2. The van der Waals surface area contributed by atoms with Crippen molar-refractivity contribution in [1.29, 1.82) is 0 Å². The molecular weight excluding hydrogens is 314 g/mol. The fraction of sp³-hybridized carbons (Fsp3) is 0.200. The Kier molecular flexibility index (Phi) is 8.50. The van der Waals surface area contributed by atoms with Crippen LogP contribution in [0.2, 0.25) is 0 Å². The van der Waals surface area contributed by atoms with Gasteiger partial charge in [-0.25, -0.2) is 4.79 Å². The van der Waals surface area contributed by atoms with Gasteiger partial charge in [-0.1, -0.05) is 75.6 Å². The van der Waals surface area contributed by atoms with Gasteiger partial charge in [0.1, 0.15) is 5.82 Å². The van der Waals surface area contributed by atoms with Gasteiger partial charge >= 0.3 is 5.69 Å². The lowest BCUT2D eigenvalue weighted by Crippen LogP contribution is -2.35. The Balaban J connectivity index is 0. The number of rotatable bonds is 7. The van der Waals surface area contributed by atoms with Crippen molar-refractivity contribution in [3.63, 3.8) is 0 Å². The summed E-state index contributed by atoms with van der Waals surface area (Å²) in [7, 11) is 0. The molecule has 0 fully saturated rings. The van der Waals surface area contributed by atoms with Crippen LogP contribution in [0, 0.1) is 0 Å². The van der Waals surface area contributed by atoms with Gasteiger partial charge in [-0.15, -0.1) is 0 Å². The summed E-state index contributed by atoms with van der Waals surface area (Å²) >= 11 is 0. The van der Waals surface area contributed by atoms with Crippen LogP contribution >= 0.6 is 0 Å². The number of nitrogens with zero attached hydrogens (tertiary/aromatic N) is 1. The molecule has 2 rings (SSSR count). The average molecular weight is 343 g/mol. The van der Waals surface area contributed by atoms with Gasteiger partial charge in [0.05, 0.1) is 6.54 Å². The van der Waals surface area contributed by atoms with Crippen molar-refractivity contribution in [2.75, 3.05) is 5.32 Å². The maximum Gasteiger partial charge on any atom is 0.330 e. The van der Waals surface area contributed by atoms with E-state index in [2.05, 4.69) is 23.5 Å². The summed E-state index contributed by atoms with van der Waals surface area (Å²) in [6.45, 7) is 11.9. The topological polar surface area (TPSA) is 66.9 Å². The third-order valence-corrected chi connectivity index (χ3v) is 3.28. The van der Waals surface area contributed by atoms with E-state index in [9.17, 15) is 9.59 Å². The molecule has 0 unspecified atom stereocenters. The average Bonchev–Trinajstić information content (AvgIpc) is 2.64. The standard InChI is InChI=1S/C18H19N3O2.C2H6.2H2/c1-3-8-14(4-2)13-21-17(22)11-16(20-18(21)23)19-12-15-9-6-5-7-10-15;1-2;;/h3-11,19H,1-2,12-13H2,(H,20,23);1-2H3;2*1H/b14-8+;;;. The minimum atomic E-state index is -0.468. The van der Waals surface area contributed by atoms with Gasteiger partial charge in [-0.3, -0.25) is 14.3 Å². The minimum absolute atomic E-state index is 0. The fourth-order valence-electron chi connectivity index (χ4n) is 2.08. The number of anilines is 1. The first-order valence-corrected chi connectivity index (χ1v) is 8.20. The molecule has 25 heavy (non-hydrogen) atoms. The predicted molar refractivity (Wildman–Crippen MR) is 109 cm³/mol. The van der Waals surface area contributed by atoms with Crippen LogP contribution in [0.15, 0.2) is 82.9 Å². The molecule has 1 aromatic carbocycles. The van der Waals surface area contributed by atoms with E-state index in [-0.39, 0.29) is 15.0 Å². The van der Waals surface area contributed by atoms with Crippen LogP contribution in [0.4, 0.5) is 5.82 Å². The van der Waals surface area contributed by atoms with Crippen molar-refractivity contribution in [3.05, 3.63) is 99.8 Å². The first-order chi connectivity index (χ1) is 12.1. The Bertz CT molecular complexity index is 809. The van der Waals surface area contributed by atoms with Gasteiger partial charge in [0.25, 0.3) is 5.56 Å². The monoisotopic (exact) mass is 343 g/mol. The highest BCUT2D eigenvalue weighted by Crippen LogP contribution is 2.03. The van der Waals surface area contributed by atoms with Crippen LogP contribution in [0.1, 0.15) is 22.3 Å². The summed E-state index contributed by atoms with van der Waals surface area (Å²) in [4.78, 5) is 26.9. The van der Waals surface area contributed by atoms with E-state index in [0.717, 1.165) is 15.7 Å². The van der Waals surface area contributed by atoms with Gasteiger partial charge < -0.3 is 5.32 Å².